The number of benzene rings is 2. The van der Waals surface area contributed by atoms with E-state index in [0.29, 0.717) is 25.3 Å². The van der Waals surface area contributed by atoms with Gasteiger partial charge in [0.25, 0.3) is 11.6 Å². The van der Waals surface area contributed by atoms with Crippen molar-refractivity contribution in [2.24, 2.45) is 0 Å². The smallest absolute Gasteiger partial charge is 0.269 e. The van der Waals surface area contributed by atoms with Crippen molar-refractivity contribution < 1.29 is 18.1 Å². The molecule has 0 aliphatic carbocycles. The van der Waals surface area contributed by atoms with E-state index in [4.69, 9.17) is 11.6 Å². The molecule has 162 valence electrons. The van der Waals surface area contributed by atoms with Crippen molar-refractivity contribution in [3.63, 3.8) is 0 Å². The van der Waals surface area contributed by atoms with E-state index in [2.05, 4.69) is 10.6 Å². The van der Waals surface area contributed by atoms with Crippen molar-refractivity contribution in [3.8, 4) is 0 Å². The summed E-state index contributed by atoms with van der Waals surface area (Å²) in [5.41, 5.74) is 0.725. The van der Waals surface area contributed by atoms with E-state index in [-0.39, 0.29) is 27.7 Å². The lowest BCUT2D eigenvalue weighted by Crippen LogP contribution is -2.31. The molecule has 9 nitrogen and oxygen atoms in total. The SMILES string of the molecule is CCN(CC)S(=O)(=O)c1ccc(Cl)c(C(=O)NCCNc2ccc([N+](=O)[O-])cc2)c1. The molecule has 0 heterocycles. The summed E-state index contributed by atoms with van der Waals surface area (Å²) in [6, 6.07) is 9.93. The first-order chi connectivity index (χ1) is 14.2. The zero-order valence-corrected chi connectivity index (χ0v) is 18.2. The Balaban J connectivity index is 2.00. The molecule has 0 atom stereocenters. The van der Waals surface area contributed by atoms with Gasteiger partial charge in [-0.15, -0.1) is 0 Å². The second kappa shape index (κ2) is 10.4. The van der Waals surface area contributed by atoms with Crippen LogP contribution in [-0.4, -0.2) is 49.7 Å². The van der Waals surface area contributed by atoms with Crippen LogP contribution in [-0.2, 0) is 10.0 Å². The van der Waals surface area contributed by atoms with Gasteiger partial charge < -0.3 is 10.6 Å². The van der Waals surface area contributed by atoms with Crippen LogP contribution in [0.2, 0.25) is 5.02 Å². The topological polar surface area (TPSA) is 122 Å². The number of nitrogens with zero attached hydrogens (tertiary/aromatic N) is 2. The fourth-order valence-electron chi connectivity index (χ4n) is 2.73. The number of hydrogen-bond acceptors (Lipinski definition) is 6. The normalized spacial score (nSPS) is 11.3. The molecule has 0 aliphatic heterocycles. The number of carbonyl (C=O) groups is 1. The largest absolute Gasteiger partial charge is 0.383 e. The molecular weight excluding hydrogens is 432 g/mol. The number of non-ortho nitro benzene ring substituents is 1. The second-order valence-electron chi connectivity index (χ2n) is 6.22. The predicted octanol–water partition coefficient (Wildman–Crippen LogP) is 3.12. The summed E-state index contributed by atoms with van der Waals surface area (Å²) >= 11 is 6.10. The maximum atomic E-state index is 12.7. The number of halogens is 1. The average molecular weight is 455 g/mol. The van der Waals surface area contributed by atoms with Gasteiger partial charge in [0.1, 0.15) is 0 Å². The Kier molecular flexibility index (Phi) is 8.16. The first kappa shape index (κ1) is 23.6. The van der Waals surface area contributed by atoms with Crippen molar-refractivity contribution >= 4 is 38.9 Å². The molecule has 0 aliphatic rings. The molecular formula is C19H23ClN4O5S. The van der Waals surface area contributed by atoms with E-state index >= 15 is 0 Å². The molecule has 2 aromatic carbocycles. The van der Waals surface area contributed by atoms with Crippen LogP contribution >= 0.6 is 11.6 Å². The summed E-state index contributed by atoms with van der Waals surface area (Å²) in [4.78, 5) is 22.7. The number of carbonyl (C=O) groups excluding carboxylic acids is 1. The molecule has 2 N–H and O–H groups in total. The molecule has 2 aromatic rings. The zero-order chi connectivity index (χ0) is 22.3. The number of anilines is 1. The van der Waals surface area contributed by atoms with Crippen molar-refractivity contribution in [2.45, 2.75) is 18.7 Å². The van der Waals surface area contributed by atoms with Crippen molar-refractivity contribution in [1.29, 1.82) is 0 Å². The summed E-state index contributed by atoms with van der Waals surface area (Å²) in [5.74, 6) is -0.498. The molecule has 2 rings (SSSR count). The van der Waals surface area contributed by atoms with Crippen LogP contribution in [0.1, 0.15) is 24.2 Å². The highest BCUT2D eigenvalue weighted by Gasteiger charge is 2.23. The molecule has 1 amide bonds. The monoisotopic (exact) mass is 454 g/mol. The van der Waals surface area contributed by atoms with Gasteiger partial charge in [0.15, 0.2) is 0 Å². The molecule has 0 fully saturated rings. The van der Waals surface area contributed by atoms with Gasteiger partial charge in [0.2, 0.25) is 10.0 Å². The van der Waals surface area contributed by atoms with E-state index in [1.165, 1.54) is 34.6 Å². The molecule has 11 heteroatoms. The van der Waals surface area contributed by atoms with Crippen LogP contribution in [0.3, 0.4) is 0 Å². The van der Waals surface area contributed by atoms with E-state index in [1.807, 2.05) is 0 Å². The number of hydrogen-bond donors (Lipinski definition) is 2. The number of rotatable bonds is 10. The highest BCUT2D eigenvalue weighted by molar-refractivity contribution is 7.89. The fourth-order valence-corrected chi connectivity index (χ4v) is 4.42. The summed E-state index contributed by atoms with van der Waals surface area (Å²) < 4.78 is 26.6. The van der Waals surface area contributed by atoms with Crippen LogP contribution < -0.4 is 10.6 Å². The zero-order valence-electron chi connectivity index (χ0n) is 16.6. The minimum absolute atomic E-state index is 0.00440. The Morgan fingerprint density at radius 3 is 2.30 bits per heavy atom. The molecule has 0 aromatic heterocycles. The molecule has 0 spiro atoms. The maximum absolute atomic E-state index is 12.7. The third kappa shape index (κ3) is 5.68. The number of nitro groups is 1. The highest BCUT2D eigenvalue weighted by Crippen LogP contribution is 2.23. The van der Waals surface area contributed by atoms with Gasteiger partial charge in [-0.1, -0.05) is 25.4 Å². The summed E-state index contributed by atoms with van der Waals surface area (Å²) in [6.45, 7) is 4.71. The van der Waals surface area contributed by atoms with Gasteiger partial charge in [0.05, 0.1) is 20.4 Å². The quantitative estimate of drug-likeness (QED) is 0.323. The van der Waals surface area contributed by atoms with Gasteiger partial charge in [-0.2, -0.15) is 4.31 Å². The fraction of sp³-hybridized carbons (Fsp3) is 0.316. The second-order valence-corrected chi connectivity index (χ2v) is 8.56. The lowest BCUT2D eigenvalue weighted by atomic mass is 10.2. The highest BCUT2D eigenvalue weighted by atomic mass is 35.5. The van der Waals surface area contributed by atoms with Crippen LogP contribution in [0, 0.1) is 10.1 Å². The molecule has 0 saturated heterocycles. The van der Waals surface area contributed by atoms with E-state index < -0.39 is 20.9 Å². The number of nitrogens with one attached hydrogen (secondary N) is 2. The first-order valence-corrected chi connectivity index (χ1v) is 11.1. The average Bonchev–Trinajstić information content (AvgIpc) is 2.72. The van der Waals surface area contributed by atoms with Crippen LogP contribution in [0.25, 0.3) is 0 Å². The van der Waals surface area contributed by atoms with Crippen LogP contribution in [0.5, 0.6) is 0 Å². The Hall–Kier alpha value is -2.69. The first-order valence-electron chi connectivity index (χ1n) is 9.27. The minimum Gasteiger partial charge on any atom is -0.383 e. The maximum Gasteiger partial charge on any atom is 0.269 e. The third-order valence-electron chi connectivity index (χ3n) is 4.34. The van der Waals surface area contributed by atoms with Crippen molar-refractivity contribution in [1.82, 2.24) is 9.62 Å². The minimum atomic E-state index is -3.71. The van der Waals surface area contributed by atoms with Crippen LogP contribution in [0.4, 0.5) is 11.4 Å². The van der Waals surface area contributed by atoms with E-state index in [0.717, 1.165) is 0 Å². The number of sulfonamides is 1. The van der Waals surface area contributed by atoms with Crippen molar-refractivity contribution in [2.75, 3.05) is 31.5 Å². The molecule has 0 unspecified atom stereocenters. The van der Waals surface area contributed by atoms with Crippen molar-refractivity contribution in [3.05, 3.63) is 63.2 Å². The van der Waals surface area contributed by atoms with Crippen LogP contribution in [0.15, 0.2) is 47.4 Å². The summed E-state index contributed by atoms with van der Waals surface area (Å²) in [5, 5.41) is 16.5. The Morgan fingerprint density at radius 2 is 1.73 bits per heavy atom. The van der Waals surface area contributed by atoms with Gasteiger partial charge in [-0.3, -0.25) is 14.9 Å². The Morgan fingerprint density at radius 1 is 1.10 bits per heavy atom. The molecule has 0 bridgehead atoms. The molecule has 30 heavy (non-hydrogen) atoms. The third-order valence-corrected chi connectivity index (χ3v) is 6.72. The Labute approximate surface area is 180 Å². The van der Waals surface area contributed by atoms with Gasteiger partial charge in [-0.05, 0) is 30.3 Å². The Bertz CT molecular complexity index is 1010. The molecule has 0 radical (unpaired) electrons. The van der Waals surface area contributed by atoms with Gasteiger partial charge >= 0.3 is 0 Å². The van der Waals surface area contributed by atoms with Gasteiger partial charge in [-0.25, -0.2) is 8.42 Å². The predicted molar refractivity (Wildman–Crippen MR) is 115 cm³/mol. The molecule has 0 saturated carbocycles. The lowest BCUT2D eigenvalue weighted by Gasteiger charge is -2.19. The van der Waals surface area contributed by atoms with E-state index in [1.54, 1.807) is 26.0 Å². The van der Waals surface area contributed by atoms with Gasteiger partial charge in [0, 0.05) is 44.0 Å². The lowest BCUT2D eigenvalue weighted by molar-refractivity contribution is -0.384. The number of nitro benzene ring substituents is 1. The summed E-state index contributed by atoms with van der Waals surface area (Å²) in [7, 11) is -3.71. The van der Waals surface area contributed by atoms with E-state index in [9.17, 15) is 23.3 Å². The number of amides is 1. The standard InChI is InChI=1S/C19H23ClN4O5S/c1-3-23(4-2)30(28,29)16-9-10-18(20)17(13-16)19(25)22-12-11-21-14-5-7-15(8-6-14)24(26)27/h5-10,13,21H,3-4,11-12H2,1-2H3,(H,22,25). The summed E-state index contributed by atoms with van der Waals surface area (Å²) in [6.07, 6.45) is 0.